The Hall–Kier alpha value is -3.47. The van der Waals surface area contributed by atoms with E-state index in [1.165, 1.54) is 16.4 Å². The van der Waals surface area contributed by atoms with Gasteiger partial charge in [-0.3, -0.25) is 4.79 Å². The molecule has 0 aliphatic carbocycles. The minimum atomic E-state index is -3.87. The summed E-state index contributed by atoms with van der Waals surface area (Å²) in [5.41, 5.74) is 2.32. The second kappa shape index (κ2) is 8.71. The summed E-state index contributed by atoms with van der Waals surface area (Å²) < 4.78 is 28.5. The number of nitrogens with one attached hydrogen (secondary N) is 1. The van der Waals surface area contributed by atoms with Crippen molar-refractivity contribution in [2.45, 2.75) is 23.8 Å². The average Bonchev–Trinajstić information content (AvgIpc) is 3.47. The van der Waals surface area contributed by atoms with E-state index in [0.717, 1.165) is 22.5 Å². The Morgan fingerprint density at radius 2 is 1.68 bits per heavy atom. The number of fused-ring (bicyclic) bond motifs is 1. The number of hydrogen-bond acceptors (Lipinski definition) is 7. The van der Waals surface area contributed by atoms with Gasteiger partial charge in [0.1, 0.15) is 6.04 Å². The molecule has 5 rings (SSSR count). The summed E-state index contributed by atoms with van der Waals surface area (Å²) in [6.45, 7) is 0.252. The van der Waals surface area contributed by atoms with Crippen molar-refractivity contribution in [3.63, 3.8) is 0 Å². The lowest BCUT2D eigenvalue weighted by atomic mass is 10.1. The van der Waals surface area contributed by atoms with Gasteiger partial charge in [0.05, 0.1) is 15.1 Å². The largest absolute Gasteiger partial charge is 0.504 e. The van der Waals surface area contributed by atoms with Crippen LogP contribution in [0.5, 0.6) is 11.5 Å². The van der Waals surface area contributed by atoms with Crippen LogP contribution in [0.4, 0.5) is 5.13 Å². The Labute approximate surface area is 200 Å². The van der Waals surface area contributed by atoms with Crippen molar-refractivity contribution >= 4 is 42.6 Å². The van der Waals surface area contributed by atoms with E-state index in [1.54, 1.807) is 24.3 Å². The van der Waals surface area contributed by atoms with Gasteiger partial charge < -0.3 is 15.5 Å². The molecule has 0 bridgehead atoms. The van der Waals surface area contributed by atoms with Gasteiger partial charge in [-0.2, -0.15) is 4.31 Å². The van der Waals surface area contributed by atoms with E-state index >= 15 is 0 Å². The van der Waals surface area contributed by atoms with E-state index in [1.807, 2.05) is 30.3 Å². The maximum atomic E-state index is 13.3. The number of benzene rings is 3. The minimum absolute atomic E-state index is 0.137. The number of sulfonamides is 1. The number of anilines is 1. The first kappa shape index (κ1) is 22.3. The van der Waals surface area contributed by atoms with Gasteiger partial charge in [0.25, 0.3) is 0 Å². The quantitative estimate of drug-likeness (QED) is 0.358. The van der Waals surface area contributed by atoms with E-state index in [2.05, 4.69) is 10.3 Å². The molecule has 0 saturated carbocycles. The third-order valence-electron chi connectivity index (χ3n) is 5.79. The van der Waals surface area contributed by atoms with Gasteiger partial charge in [-0.25, -0.2) is 13.4 Å². The summed E-state index contributed by atoms with van der Waals surface area (Å²) in [7, 11) is -3.87. The molecule has 4 aromatic rings. The van der Waals surface area contributed by atoms with E-state index < -0.39 is 22.0 Å². The molecule has 34 heavy (non-hydrogen) atoms. The van der Waals surface area contributed by atoms with E-state index in [-0.39, 0.29) is 28.1 Å². The fourth-order valence-corrected chi connectivity index (χ4v) is 6.61. The fourth-order valence-electron chi connectivity index (χ4n) is 4.07. The summed E-state index contributed by atoms with van der Waals surface area (Å²) in [5, 5.41) is 22.3. The Bertz CT molecular complexity index is 1430. The van der Waals surface area contributed by atoms with Crippen LogP contribution >= 0.6 is 11.3 Å². The van der Waals surface area contributed by atoms with Gasteiger partial charge in [-0.15, -0.1) is 0 Å². The number of carbonyl (C=O) groups excluding carboxylic acids is 1. The molecular formula is C24H21N3O5S2. The number of nitrogens with zero attached hydrogens (tertiary/aromatic N) is 2. The predicted molar refractivity (Wildman–Crippen MR) is 130 cm³/mol. The van der Waals surface area contributed by atoms with Crippen molar-refractivity contribution in [3.05, 3.63) is 66.7 Å². The second-order valence-corrected chi connectivity index (χ2v) is 10.9. The monoisotopic (exact) mass is 495 g/mol. The minimum Gasteiger partial charge on any atom is -0.504 e. The topological polar surface area (TPSA) is 120 Å². The Balaban J connectivity index is 1.36. The van der Waals surface area contributed by atoms with Gasteiger partial charge >= 0.3 is 0 Å². The zero-order chi connectivity index (χ0) is 23.9. The van der Waals surface area contributed by atoms with Crippen LogP contribution in [0.25, 0.3) is 21.3 Å². The number of hydrogen-bond donors (Lipinski definition) is 3. The van der Waals surface area contributed by atoms with Crippen molar-refractivity contribution < 1.29 is 23.4 Å². The maximum absolute atomic E-state index is 13.3. The molecular weight excluding hydrogens is 474 g/mol. The number of phenolic OH excluding ortho intramolecular Hbond substituents is 2. The third-order valence-corrected chi connectivity index (χ3v) is 8.65. The summed E-state index contributed by atoms with van der Waals surface area (Å²) in [4.78, 5) is 17.4. The highest BCUT2D eigenvalue weighted by Gasteiger charge is 2.39. The normalized spacial score (nSPS) is 16.6. The van der Waals surface area contributed by atoms with Crippen molar-refractivity contribution in [2.24, 2.45) is 0 Å². The average molecular weight is 496 g/mol. The summed E-state index contributed by atoms with van der Waals surface area (Å²) in [6, 6.07) is 18.1. The molecule has 2 heterocycles. The molecule has 0 unspecified atom stereocenters. The van der Waals surface area contributed by atoms with Crippen molar-refractivity contribution in [1.82, 2.24) is 9.29 Å². The molecule has 1 aliphatic rings. The Morgan fingerprint density at radius 3 is 2.41 bits per heavy atom. The Morgan fingerprint density at radius 1 is 1.00 bits per heavy atom. The van der Waals surface area contributed by atoms with Gasteiger partial charge in [0.2, 0.25) is 15.9 Å². The molecule has 1 saturated heterocycles. The molecule has 0 spiro atoms. The van der Waals surface area contributed by atoms with Gasteiger partial charge in [-0.1, -0.05) is 53.8 Å². The highest BCUT2D eigenvalue weighted by molar-refractivity contribution is 7.89. The number of carbonyl (C=O) groups is 1. The van der Waals surface area contributed by atoms with Crippen LogP contribution in [0.3, 0.4) is 0 Å². The first-order valence-electron chi connectivity index (χ1n) is 10.6. The highest BCUT2D eigenvalue weighted by Crippen LogP contribution is 2.35. The van der Waals surface area contributed by atoms with Gasteiger partial charge in [0, 0.05) is 18.7 Å². The molecule has 0 radical (unpaired) electrons. The molecule has 1 aliphatic heterocycles. The number of thiazole rings is 1. The molecule has 1 fully saturated rings. The van der Waals surface area contributed by atoms with Crippen molar-refractivity contribution in [3.8, 4) is 22.6 Å². The lowest BCUT2D eigenvalue weighted by Gasteiger charge is -2.23. The lowest BCUT2D eigenvalue weighted by molar-refractivity contribution is -0.119. The third kappa shape index (κ3) is 4.11. The predicted octanol–water partition coefficient (Wildman–Crippen LogP) is 4.17. The zero-order valence-electron chi connectivity index (χ0n) is 17.9. The highest BCUT2D eigenvalue weighted by atomic mass is 32.2. The number of rotatable bonds is 5. The van der Waals surface area contributed by atoms with Crippen LogP contribution in [-0.2, 0) is 14.8 Å². The van der Waals surface area contributed by atoms with Crippen LogP contribution in [-0.4, -0.2) is 46.4 Å². The number of phenols is 2. The summed E-state index contributed by atoms with van der Waals surface area (Å²) in [5.74, 6) is -1.04. The first-order valence-corrected chi connectivity index (χ1v) is 12.9. The number of amides is 1. The molecule has 3 N–H and O–H groups in total. The van der Waals surface area contributed by atoms with Crippen LogP contribution < -0.4 is 5.32 Å². The van der Waals surface area contributed by atoms with Crippen molar-refractivity contribution in [1.29, 1.82) is 0 Å². The smallest absolute Gasteiger partial charge is 0.244 e. The fraction of sp³-hybridized carbons (Fsp3) is 0.167. The molecule has 1 aromatic heterocycles. The van der Waals surface area contributed by atoms with E-state index in [0.29, 0.717) is 23.1 Å². The molecule has 3 aromatic carbocycles. The number of aromatic hydroxyl groups is 2. The van der Waals surface area contributed by atoms with Gasteiger partial charge in [-0.05, 0) is 36.1 Å². The SMILES string of the molecule is O=C(Nc1nc2cc(O)c(O)cc2s1)[C@@H]1CCCN1S(=O)(=O)c1ccc(-c2ccccc2)cc1. The van der Waals surface area contributed by atoms with E-state index in [4.69, 9.17) is 0 Å². The molecule has 8 nitrogen and oxygen atoms in total. The standard InChI is InChI=1S/C24H21N3O5S2/c28-20-13-18-22(14-21(20)29)33-24(25-18)26-23(30)19-7-4-12-27(19)34(31,32)17-10-8-16(9-11-17)15-5-2-1-3-6-15/h1-3,5-6,8-11,13-14,19,28-29H,4,7,12H2,(H,25,26,30)/t19-/m0/s1. The maximum Gasteiger partial charge on any atom is 0.244 e. The first-order chi connectivity index (χ1) is 16.3. The van der Waals surface area contributed by atoms with Gasteiger partial charge in [0.15, 0.2) is 16.6 Å². The lowest BCUT2D eigenvalue weighted by Crippen LogP contribution is -2.43. The molecule has 1 amide bonds. The number of aromatic nitrogens is 1. The molecule has 10 heteroatoms. The van der Waals surface area contributed by atoms with Crippen LogP contribution in [0.15, 0.2) is 71.6 Å². The Kier molecular flexibility index (Phi) is 5.72. The molecule has 174 valence electrons. The van der Waals surface area contributed by atoms with E-state index in [9.17, 15) is 23.4 Å². The second-order valence-electron chi connectivity index (χ2n) is 7.98. The zero-order valence-corrected chi connectivity index (χ0v) is 19.5. The molecule has 1 atom stereocenters. The van der Waals surface area contributed by atoms with Crippen LogP contribution in [0.2, 0.25) is 0 Å². The summed E-state index contributed by atoms with van der Waals surface area (Å²) >= 11 is 1.13. The van der Waals surface area contributed by atoms with Crippen molar-refractivity contribution in [2.75, 3.05) is 11.9 Å². The summed E-state index contributed by atoms with van der Waals surface area (Å²) in [6.07, 6.45) is 0.973. The van der Waals surface area contributed by atoms with Crippen LogP contribution in [0.1, 0.15) is 12.8 Å². The van der Waals surface area contributed by atoms with Crippen LogP contribution in [0, 0.1) is 0 Å².